The number of nitrogens with two attached hydrogens (primary N) is 2. The highest BCUT2D eigenvalue weighted by atomic mass is 35.5. The molecule has 236 valence electrons. The number of hydrogen-bond acceptors (Lipinski definition) is 9. The van der Waals surface area contributed by atoms with E-state index in [0.717, 1.165) is 27.9 Å². The molecule has 3 aromatic carbocycles. The van der Waals surface area contributed by atoms with E-state index in [1.165, 1.54) is 35.5 Å². The van der Waals surface area contributed by atoms with Crippen molar-refractivity contribution >= 4 is 51.7 Å². The summed E-state index contributed by atoms with van der Waals surface area (Å²) in [6.45, 7) is 0.110. The van der Waals surface area contributed by atoms with Crippen LogP contribution in [0.15, 0.2) is 97.3 Å². The van der Waals surface area contributed by atoms with Crippen LogP contribution in [0.1, 0.15) is 27.7 Å². The van der Waals surface area contributed by atoms with Crippen LogP contribution >= 0.6 is 11.6 Å². The Hall–Kier alpha value is -5.92. The molecule has 0 saturated heterocycles. The van der Waals surface area contributed by atoms with E-state index in [0.29, 0.717) is 28.6 Å². The van der Waals surface area contributed by atoms with Crippen molar-refractivity contribution in [2.75, 3.05) is 16.9 Å². The van der Waals surface area contributed by atoms with Crippen LogP contribution in [0.3, 0.4) is 0 Å². The number of carbonyl (C=O) groups excluding carboxylic acids is 2. The highest BCUT2D eigenvalue weighted by molar-refractivity contribution is 6.31. The molecule has 0 fully saturated rings. The first kappa shape index (κ1) is 31.1. The Morgan fingerprint density at radius 2 is 1.83 bits per heavy atom. The van der Waals surface area contributed by atoms with E-state index in [1.807, 2.05) is 6.07 Å². The highest BCUT2D eigenvalue weighted by Crippen LogP contribution is 2.37. The molecule has 3 heterocycles. The summed E-state index contributed by atoms with van der Waals surface area (Å²) in [5.41, 5.74) is 9.44. The predicted octanol–water partition coefficient (Wildman–Crippen LogP) is 4.43. The van der Waals surface area contributed by atoms with E-state index < -0.39 is 29.6 Å². The minimum Gasteiger partial charge on any atom is -0.477 e. The van der Waals surface area contributed by atoms with Gasteiger partial charge in [0, 0.05) is 35.6 Å². The summed E-state index contributed by atoms with van der Waals surface area (Å²) < 4.78 is 14.6. The van der Waals surface area contributed by atoms with Gasteiger partial charge in [-0.1, -0.05) is 41.9 Å². The number of pyridine rings is 1. The third kappa shape index (κ3) is 6.17. The molecule has 2 amide bonds. The van der Waals surface area contributed by atoms with Gasteiger partial charge in [0.15, 0.2) is 5.82 Å². The van der Waals surface area contributed by atoms with Crippen molar-refractivity contribution in [3.8, 4) is 11.1 Å². The fourth-order valence-electron chi connectivity index (χ4n) is 5.54. The summed E-state index contributed by atoms with van der Waals surface area (Å²) in [6.07, 6.45) is 6.20. The summed E-state index contributed by atoms with van der Waals surface area (Å²) in [5.74, 6) is 2.85. The summed E-state index contributed by atoms with van der Waals surface area (Å²) in [5, 5.41) is 13.4. The Labute approximate surface area is 272 Å². The average molecular weight is 653 g/mol. The zero-order valence-corrected chi connectivity index (χ0v) is 25.2. The SMILES string of the molecule is N/C(=C\N(N)c1cccc(Cl)c1F)C(=O)N1CCc2c(-c3cncnc3)cccc2C1C(=O)Nc1ccc2nc(C(=O)O)ccc2c1. The van der Waals surface area contributed by atoms with E-state index in [2.05, 4.69) is 20.3 Å². The highest BCUT2D eigenvalue weighted by Gasteiger charge is 2.38. The number of amides is 2. The molecule has 1 aliphatic heterocycles. The van der Waals surface area contributed by atoms with E-state index >= 15 is 0 Å². The number of carbonyl (C=O) groups is 3. The van der Waals surface area contributed by atoms with Crippen LogP contribution in [-0.2, 0) is 16.0 Å². The lowest BCUT2D eigenvalue weighted by atomic mass is 9.86. The van der Waals surface area contributed by atoms with Crippen LogP contribution in [0.5, 0.6) is 0 Å². The summed E-state index contributed by atoms with van der Waals surface area (Å²) in [4.78, 5) is 53.1. The number of aromatic carboxylic acids is 1. The van der Waals surface area contributed by atoms with E-state index in [4.69, 9.17) is 23.2 Å². The number of fused-ring (bicyclic) bond motifs is 2. The van der Waals surface area contributed by atoms with Crippen molar-refractivity contribution in [1.82, 2.24) is 19.9 Å². The summed E-state index contributed by atoms with van der Waals surface area (Å²) >= 11 is 5.89. The van der Waals surface area contributed by atoms with Gasteiger partial charge in [0.1, 0.15) is 23.8 Å². The molecule has 0 bridgehead atoms. The molecule has 1 unspecified atom stereocenters. The standard InChI is InChI=1S/C33H26ClFN8O4/c34-24-5-2-6-28(29(24)35)43(37)16-25(36)32(45)42-12-11-22-21(19-14-38-17-39-15-19)3-1-4-23(22)30(42)31(44)40-20-8-10-26-18(13-20)7-9-27(41-26)33(46)47/h1-10,13-17,30H,11-12,36-37H2,(H,40,44)(H,46,47)/b25-16-. The second-order valence-corrected chi connectivity index (χ2v) is 11.0. The Kier molecular flexibility index (Phi) is 8.48. The first-order chi connectivity index (χ1) is 22.6. The first-order valence-corrected chi connectivity index (χ1v) is 14.6. The lowest BCUT2D eigenvalue weighted by molar-refractivity contribution is -0.136. The van der Waals surface area contributed by atoms with Crippen LogP contribution < -0.4 is 21.9 Å². The predicted molar refractivity (Wildman–Crippen MR) is 173 cm³/mol. The number of anilines is 2. The molecule has 0 radical (unpaired) electrons. The molecule has 1 atom stereocenters. The smallest absolute Gasteiger partial charge is 0.354 e. The van der Waals surface area contributed by atoms with Crippen LogP contribution in [0.25, 0.3) is 22.0 Å². The number of benzene rings is 3. The number of carboxylic acids is 1. The van der Waals surface area contributed by atoms with Crippen molar-refractivity contribution in [3.05, 3.63) is 125 Å². The monoisotopic (exact) mass is 652 g/mol. The quantitative estimate of drug-likeness (QED) is 0.112. The number of halogens is 2. The molecule has 6 rings (SSSR count). The van der Waals surface area contributed by atoms with Crippen molar-refractivity contribution in [2.45, 2.75) is 12.5 Å². The first-order valence-electron chi connectivity index (χ1n) is 14.2. The minimum atomic E-state index is -1.16. The van der Waals surface area contributed by atoms with Crippen molar-refractivity contribution < 1.29 is 23.9 Å². The minimum absolute atomic E-state index is 0.109. The van der Waals surface area contributed by atoms with Gasteiger partial charge in [0.2, 0.25) is 0 Å². The molecule has 5 aromatic rings. The van der Waals surface area contributed by atoms with Gasteiger partial charge in [-0.3, -0.25) is 14.6 Å². The lowest BCUT2D eigenvalue weighted by Crippen LogP contribution is -2.47. The van der Waals surface area contributed by atoms with E-state index in [1.54, 1.807) is 48.8 Å². The number of carboxylic acid groups (broad SMARTS) is 1. The maximum atomic E-state index is 14.6. The number of rotatable bonds is 7. The van der Waals surface area contributed by atoms with Crippen molar-refractivity contribution in [2.24, 2.45) is 11.6 Å². The van der Waals surface area contributed by atoms with Crippen LogP contribution in [0, 0.1) is 5.82 Å². The second kappa shape index (κ2) is 12.8. The van der Waals surface area contributed by atoms with Gasteiger partial charge in [-0.2, -0.15) is 0 Å². The van der Waals surface area contributed by atoms with Gasteiger partial charge in [-0.25, -0.2) is 30.0 Å². The van der Waals surface area contributed by atoms with Crippen molar-refractivity contribution in [3.63, 3.8) is 0 Å². The molecular weight excluding hydrogens is 627 g/mol. The zero-order chi connectivity index (χ0) is 33.2. The number of hydrazine groups is 1. The van der Waals surface area contributed by atoms with Gasteiger partial charge in [0.25, 0.3) is 11.8 Å². The Morgan fingerprint density at radius 1 is 1.06 bits per heavy atom. The maximum Gasteiger partial charge on any atom is 0.354 e. The topological polar surface area (TPSA) is 181 Å². The number of hydrogen-bond donors (Lipinski definition) is 4. The maximum absolute atomic E-state index is 14.6. The Morgan fingerprint density at radius 3 is 2.60 bits per heavy atom. The Bertz CT molecular complexity index is 2080. The molecule has 6 N–H and O–H groups in total. The Balaban J connectivity index is 1.37. The molecule has 47 heavy (non-hydrogen) atoms. The molecule has 0 spiro atoms. The molecule has 1 aliphatic rings. The van der Waals surface area contributed by atoms with Crippen LogP contribution in [0.2, 0.25) is 5.02 Å². The third-order valence-electron chi connectivity index (χ3n) is 7.71. The van der Waals surface area contributed by atoms with Gasteiger partial charge in [0.05, 0.1) is 22.4 Å². The second-order valence-electron chi connectivity index (χ2n) is 10.6. The molecule has 2 aromatic heterocycles. The van der Waals surface area contributed by atoms with Gasteiger partial charge in [-0.05, 0) is 59.5 Å². The molecule has 14 heteroatoms. The van der Waals surface area contributed by atoms with Crippen molar-refractivity contribution in [1.29, 1.82) is 0 Å². The van der Waals surface area contributed by atoms with E-state index in [9.17, 15) is 23.9 Å². The summed E-state index contributed by atoms with van der Waals surface area (Å²) in [6, 6.07) is 16.3. The lowest BCUT2D eigenvalue weighted by Gasteiger charge is -2.37. The summed E-state index contributed by atoms with van der Waals surface area (Å²) in [7, 11) is 0. The average Bonchev–Trinajstić information content (AvgIpc) is 3.08. The zero-order valence-electron chi connectivity index (χ0n) is 24.5. The fraction of sp³-hybridized carbons (Fsp3) is 0.0909. The fourth-order valence-corrected chi connectivity index (χ4v) is 5.71. The van der Waals surface area contributed by atoms with Gasteiger partial charge >= 0.3 is 5.97 Å². The largest absolute Gasteiger partial charge is 0.477 e. The number of nitrogens with one attached hydrogen (secondary N) is 1. The molecule has 0 aliphatic carbocycles. The number of aromatic nitrogens is 3. The van der Waals surface area contributed by atoms with Gasteiger partial charge in [-0.15, -0.1) is 0 Å². The molecule has 0 saturated carbocycles. The van der Waals surface area contributed by atoms with Crippen LogP contribution in [0.4, 0.5) is 15.8 Å². The molecular formula is C33H26ClFN8O4. The van der Waals surface area contributed by atoms with E-state index in [-0.39, 0.29) is 28.6 Å². The van der Waals surface area contributed by atoms with Crippen LogP contribution in [-0.4, -0.2) is 49.3 Å². The van der Waals surface area contributed by atoms with Gasteiger partial charge < -0.3 is 21.1 Å². The normalized spacial score (nSPS) is 14.4. The molecule has 12 nitrogen and oxygen atoms in total. The third-order valence-corrected chi connectivity index (χ3v) is 8.00. The number of nitrogens with zero attached hydrogens (tertiary/aromatic N) is 5.